The maximum atomic E-state index is 11.1. The van der Waals surface area contributed by atoms with Crippen LogP contribution in [0.1, 0.15) is 27.7 Å². The highest BCUT2D eigenvalue weighted by Crippen LogP contribution is 2.14. The summed E-state index contributed by atoms with van der Waals surface area (Å²) >= 11 is 0. The molecule has 0 aromatic carbocycles. The summed E-state index contributed by atoms with van der Waals surface area (Å²) in [4.78, 5) is 26.0. The van der Waals surface area contributed by atoms with Gasteiger partial charge in [0, 0.05) is 19.6 Å². The van der Waals surface area contributed by atoms with Gasteiger partial charge in [0.15, 0.2) is 0 Å². The Labute approximate surface area is 119 Å². The van der Waals surface area contributed by atoms with Gasteiger partial charge < -0.3 is 21.3 Å². The lowest BCUT2D eigenvalue weighted by Gasteiger charge is -2.20. The molecule has 0 saturated carbocycles. The third-order valence-electron chi connectivity index (χ3n) is 2.78. The average molecular weight is 281 g/mol. The maximum absolute atomic E-state index is 11.1. The molecule has 0 aliphatic rings. The standard InChI is InChI=1S/C12H23N7O/c1-5-14-10-16-11(15-8(4)9(13)20)18-12(17-10)19(6-2)7-3/h8H,5-7H2,1-4H3,(H2,13,20)(H2,14,15,16,17,18). The molecular weight excluding hydrogens is 258 g/mol. The van der Waals surface area contributed by atoms with Gasteiger partial charge in [0.05, 0.1) is 0 Å². The lowest BCUT2D eigenvalue weighted by Crippen LogP contribution is -2.33. The first-order valence-electron chi connectivity index (χ1n) is 6.82. The zero-order valence-electron chi connectivity index (χ0n) is 12.5. The molecule has 0 spiro atoms. The zero-order valence-corrected chi connectivity index (χ0v) is 12.5. The van der Waals surface area contributed by atoms with Crippen molar-refractivity contribution >= 4 is 23.8 Å². The summed E-state index contributed by atoms with van der Waals surface area (Å²) in [5, 5.41) is 5.93. The maximum Gasteiger partial charge on any atom is 0.239 e. The highest BCUT2D eigenvalue weighted by molar-refractivity contribution is 5.81. The lowest BCUT2D eigenvalue weighted by molar-refractivity contribution is -0.118. The van der Waals surface area contributed by atoms with E-state index in [1.54, 1.807) is 6.92 Å². The Hall–Kier alpha value is -2.12. The first kappa shape index (κ1) is 15.9. The fraction of sp³-hybridized carbons (Fsp3) is 0.667. The quantitative estimate of drug-likeness (QED) is 0.634. The van der Waals surface area contributed by atoms with Crippen LogP contribution in [0.25, 0.3) is 0 Å². The number of nitrogens with one attached hydrogen (secondary N) is 2. The first-order valence-corrected chi connectivity index (χ1v) is 6.82. The predicted octanol–water partition coefficient (Wildman–Crippen LogP) is 0.435. The Balaban J connectivity index is 3.06. The molecular formula is C12H23N7O. The van der Waals surface area contributed by atoms with Crippen LogP contribution >= 0.6 is 0 Å². The van der Waals surface area contributed by atoms with Crippen molar-refractivity contribution in [1.29, 1.82) is 0 Å². The number of primary amides is 1. The van der Waals surface area contributed by atoms with Crippen molar-refractivity contribution in [3.63, 3.8) is 0 Å². The number of amides is 1. The third-order valence-corrected chi connectivity index (χ3v) is 2.78. The second-order valence-corrected chi connectivity index (χ2v) is 4.25. The van der Waals surface area contributed by atoms with Crippen LogP contribution in [0, 0.1) is 0 Å². The van der Waals surface area contributed by atoms with Crippen LogP contribution in [-0.2, 0) is 4.79 Å². The fourth-order valence-electron chi connectivity index (χ4n) is 1.58. The average Bonchev–Trinajstić information content (AvgIpc) is 2.40. The second kappa shape index (κ2) is 7.46. The van der Waals surface area contributed by atoms with E-state index in [0.29, 0.717) is 24.4 Å². The van der Waals surface area contributed by atoms with Crippen LogP contribution < -0.4 is 21.3 Å². The van der Waals surface area contributed by atoms with Crippen molar-refractivity contribution in [2.24, 2.45) is 5.73 Å². The molecule has 112 valence electrons. The molecule has 0 radical (unpaired) electrons. The van der Waals surface area contributed by atoms with Crippen LogP contribution in [0.2, 0.25) is 0 Å². The van der Waals surface area contributed by atoms with Crippen molar-refractivity contribution in [2.45, 2.75) is 33.7 Å². The van der Waals surface area contributed by atoms with Crippen LogP contribution in [0.4, 0.5) is 17.8 Å². The van der Waals surface area contributed by atoms with Gasteiger partial charge in [0.2, 0.25) is 23.8 Å². The van der Waals surface area contributed by atoms with Gasteiger partial charge in [-0.05, 0) is 27.7 Å². The van der Waals surface area contributed by atoms with E-state index in [2.05, 4.69) is 25.6 Å². The minimum Gasteiger partial charge on any atom is -0.368 e. The molecule has 1 rings (SSSR count). The van der Waals surface area contributed by atoms with Crippen molar-refractivity contribution in [3.8, 4) is 0 Å². The van der Waals surface area contributed by atoms with Gasteiger partial charge in [0.25, 0.3) is 0 Å². The van der Waals surface area contributed by atoms with Crippen LogP contribution in [-0.4, -0.2) is 46.5 Å². The number of anilines is 3. The highest BCUT2D eigenvalue weighted by Gasteiger charge is 2.14. The van der Waals surface area contributed by atoms with E-state index >= 15 is 0 Å². The topological polar surface area (TPSA) is 109 Å². The van der Waals surface area contributed by atoms with Gasteiger partial charge in [-0.2, -0.15) is 15.0 Å². The van der Waals surface area contributed by atoms with Crippen LogP contribution in [0.15, 0.2) is 0 Å². The molecule has 1 amide bonds. The summed E-state index contributed by atoms with van der Waals surface area (Å²) in [5.74, 6) is 0.924. The van der Waals surface area contributed by atoms with Gasteiger partial charge in [-0.15, -0.1) is 0 Å². The lowest BCUT2D eigenvalue weighted by atomic mass is 10.3. The van der Waals surface area contributed by atoms with E-state index in [4.69, 9.17) is 5.73 Å². The van der Waals surface area contributed by atoms with E-state index in [0.717, 1.165) is 13.1 Å². The number of aromatic nitrogens is 3. The number of rotatable bonds is 8. The number of carbonyl (C=O) groups is 1. The third kappa shape index (κ3) is 4.22. The van der Waals surface area contributed by atoms with E-state index in [-0.39, 0.29) is 0 Å². The molecule has 0 saturated heterocycles. The van der Waals surface area contributed by atoms with Crippen LogP contribution in [0.5, 0.6) is 0 Å². The minimum absolute atomic E-state index is 0.337. The molecule has 1 unspecified atom stereocenters. The molecule has 0 fully saturated rings. The second-order valence-electron chi connectivity index (χ2n) is 4.25. The summed E-state index contributed by atoms with van der Waals surface area (Å²) in [6.45, 7) is 9.95. The smallest absolute Gasteiger partial charge is 0.239 e. The number of carbonyl (C=O) groups excluding carboxylic acids is 1. The summed E-state index contributed by atoms with van der Waals surface area (Å²) in [6, 6.07) is -0.545. The van der Waals surface area contributed by atoms with Gasteiger partial charge in [-0.3, -0.25) is 4.79 Å². The molecule has 0 aliphatic carbocycles. The Morgan fingerprint density at radius 3 is 2.30 bits per heavy atom. The van der Waals surface area contributed by atoms with Gasteiger partial charge in [0.1, 0.15) is 6.04 Å². The summed E-state index contributed by atoms with van der Waals surface area (Å²) in [7, 11) is 0. The minimum atomic E-state index is -0.545. The molecule has 20 heavy (non-hydrogen) atoms. The zero-order chi connectivity index (χ0) is 15.1. The summed E-state index contributed by atoms with van der Waals surface area (Å²) in [5.41, 5.74) is 5.23. The molecule has 1 aromatic rings. The SMILES string of the molecule is CCNc1nc(NC(C)C(N)=O)nc(N(CC)CC)n1. The molecule has 0 bridgehead atoms. The van der Waals surface area contributed by atoms with Gasteiger partial charge in [-0.25, -0.2) is 0 Å². The van der Waals surface area contributed by atoms with Crippen LogP contribution in [0.3, 0.4) is 0 Å². The molecule has 1 atom stereocenters. The van der Waals surface area contributed by atoms with E-state index in [9.17, 15) is 4.79 Å². The van der Waals surface area contributed by atoms with Crippen molar-refractivity contribution in [1.82, 2.24) is 15.0 Å². The molecule has 4 N–H and O–H groups in total. The molecule has 8 heteroatoms. The normalized spacial score (nSPS) is 11.8. The Morgan fingerprint density at radius 2 is 1.80 bits per heavy atom. The number of hydrogen-bond acceptors (Lipinski definition) is 7. The molecule has 1 heterocycles. The number of hydrogen-bond donors (Lipinski definition) is 3. The summed E-state index contributed by atoms with van der Waals surface area (Å²) < 4.78 is 0. The Morgan fingerprint density at radius 1 is 1.20 bits per heavy atom. The van der Waals surface area contributed by atoms with E-state index in [1.165, 1.54) is 0 Å². The Bertz CT molecular complexity index is 447. The number of nitrogens with zero attached hydrogens (tertiary/aromatic N) is 4. The monoisotopic (exact) mass is 281 g/mol. The first-order chi connectivity index (χ1) is 9.51. The highest BCUT2D eigenvalue weighted by atomic mass is 16.1. The summed E-state index contributed by atoms with van der Waals surface area (Å²) in [6.07, 6.45) is 0. The van der Waals surface area contributed by atoms with Gasteiger partial charge >= 0.3 is 0 Å². The van der Waals surface area contributed by atoms with E-state index < -0.39 is 11.9 Å². The van der Waals surface area contributed by atoms with Crippen molar-refractivity contribution in [2.75, 3.05) is 35.2 Å². The molecule has 1 aromatic heterocycles. The fourth-order valence-corrected chi connectivity index (χ4v) is 1.58. The Kier molecular flexibility index (Phi) is 5.95. The predicted molar refractivity (Wildman–Crippen MR) is 79.8 cm³/mol. The largest absolute Gasteiger partial charge is 0.368 e. The van der Waals surface area contributed by atoms with Gasteiger partial charge in [-0.1, -0.05) is 0 Å². The van der Waals surface area contributed by atoms with E-state index in [1.807, 2.05) is 25.7 Å². The van der Waals surface area contributed by atoms with Crippen molar-refractivity contribution < 1.29 is 4.79 Å². The molecule has 8 nitrogen and oxygen atoms in total. The number of nitrogens with two attached hydrogens (primary N) is 1. The molecule has 0 aliphatic heterocycles. The van der Waals surface area contributed by atoms with Crippen molar-refractivity contribution in [3.05, 3.63) is 0 Å².